The number of aromatic nitrogens is 3. The standard InChI is InChI=1S/C17H18N4/c1-3-13(2)21-9-7-16(19-21)12-20-8-6-15-10-14(11-18)4-5-17(15)20/h4-10,13H,3,12H2,1-2H3. The fourth-order valence-corrected chi connectivity index (χ4v) is 2.48. The number of hydrogen-bond acceptors (Lipinski definition) is 2. The molecule has 106 valence electrons. The lowest BCUT2D eigenvalue weighted by Gasteiger charge is -2.08. The molecule has 0 spiro atoms. The summed E-state index contributed by atoms with van der Waals surface area (Å²) < 4.78 is 4.19. The molecule has 1 unspecified atom stereocenters. The van der Waals surface area contributed by atoms with Gasteiger partial charge in [-0.2, -0.15) is 10.4 Å². The van der Waals surface area contributed by atoms with Crippen LogP contribution in [0, 0.1) is 11.3 Å². The highest BCUT2D eigenvalue weighted by molar-refractivity contribution is 5.81. The zero-order valence-corrected chi connectivity index (χ0v) is 12.3. The molecule has 0 saturated heterocycles. The normalized spacial score (nSPS) is 12.4. The predicted octanol–water partition coefficient (Wildman–Crippen LogP) is 3.73. The van der Waals surface area contributed by atoms with E-state index >= 15 is 0 Å². The summed E-state index contributed by atoms with van der Waals surface area (Å²) in [4.78, 5) is 0. The molecule has 4 heteroatoms. The van der Waals surface area contributed by atoms with Crippen molar-refractivity contribution in [3.63, 3.8) is 0 Å². The largest absolute Gasteiger partial charge is 0.341 e. The molecule has 0 amide bonds. The highest BCUT2D eigenvalue weighted by atomic mass is 15.3. The van der Waals surface area contributed by atoms with Gasteiger partial charge in [-0.15, -0.1) is 0 Å². The van der Waals surface area contributed by atoms with Gasteiger partial charge in [0.1, 0.15) is 0 Å². The van der Waals surface area contributed by atoms with Gasteiger partial charge in [0, 0.05) is 29.3 Å². The molecule has 1 atom stereocenters. The fourth-order valence-electron chi connectivity index (χ4n) is 2.48. The average Bonchev–Trinajstić information content (AvgIpc) is 3.14. The van der Waals surface area contributed by atoms with Gasteiger partial charge in [-0.1, -0.05) is 6.92 Å². The Morgan fingerprint density at radius 2 is 2.10 bits per heavy atom. The van der Waals surface area contributed by atoms with E-state index in [1.165, 1.54) is 0 Å². The number of fused-ring (bicyclic) bond motifs is 1. The Bertz CT molecular complexity index is 804. The molecule has 0 fully saturated rings. The average molecular weight is 278 g/mol. The van der Waals surface area contributed by atoms with Crippen LogP contribution in [0.15, 0.2) is 42.7 Å². The van der Waals surface area contributed by atoms with E-state index in [1.54, 1.807) is 0 Å². The van der Waals surface area contributed by atoms with Gasteiger partial charge in [0.2, 0.25) is 0 Å². The van der Waals surface area contributed by atoms with E-state index < -0.39 is 0 Å². The third kappa shape index (κ3) is 2.55. The number of nitrogens with zero attached hydrogens (tertiary/aromatic N) is 4. The maximum Gasteiger partial charge on any atom is 0.0991 e. The summed E-state index contributed by atoms with van der Waals surface area (Å²) >= 11 is 0. The lowest BCUT2D eigenvalue weighted by molar-refractivity contribution is 0.472. The van der Waals surface area contributed by atoms with Crippen molar-refractivity contribution in [3.8, 4) is 6.07 Å². The summed E-state index contributed by atoms with van der Waals surface area (Å²) in [7, 11) is 0. The number of nitriles is 1. The van der Waals surface area contributed by atoms with Crippen LogP contribution in [-0.2, 0) is 6.54 Å². The van der Waals surface area contributed by atoms with Gasteiger partial charge in [-0.05, 0) is 43.7 Å². The first kappa shape index (κ1) is 13.4. The Morgan fingerprint density at radius 3 is 2.86 bits per heavy atom. The van der Waals surface area contributed by atoms with Gasteiger partial charge in [0.05, 0.1) is 23.9 Å². The Labute approximate surface area is 124 Å². The van der Waals surface area contributed by atoms with E-state index in [1.807, 2.05) is 41.3 Å². The fraction of sp³-hybridized carbons (Fsp3) is 0.294. The van der Waals surface area contributed by atoms with Crippen molar-refractivity contribution in [2.45, 2.75) is 32.9 Å². The SMILES string of the molecule is CCC(C)n1ccc(Cn2ccc3cc(C#N)ccc32)n1. The molecule has 2 heterocycles. The Balaban J connectivity index is 1.88. The minimum absolute atomic E-state index is 0.429. The zero-order valence-electron chi connectivity index (χ0n) is 12.3. The molecule has 0 aliphatic rings. The summed E-state index contributed by atoms with van der Waals surface area (Å²) in [5.41, 5.74) is 2.88. The summed E-state index contributed by atoms with van der Waals surface area (Å²) in [5, 5.41) is 14.7. The number of benzene rings is 1. The highest BCUT2D eigenvalue weighted by Gasteiger charge is 2.07. The van der Waals surface area contributed by atoms with Gasteiger partial charge in [0.15, 0.2) is 0 Å². The molecule has 1 aromatic carbocycles. The molecule has 0 radical (unpaired) electrons. The van der Waals surface area contributed by atoms with Crippen LogP contribution in [-0.4, -0.2) is 14.3 Å². The minimum atomic E-state index is 0.429. The lowest BCUT2D eigenvalue weighted by Crippen LogP contribution is -2.06. The molecule has 2 aromatic heterocycles. The van der Waals surface area contributed by atoms with Gasteiger partial charge >= 0.3 is 0 Å². The highest BCUT2D eigenvalue weighted by Crippen LogP contribution is 2.19. The number of hydrogen-bond donors (Lipinski definition) is 0. The van der Waals surface area contributed by atoms with E-state index in [-0.39, 0.29) is 0 Å². The quantitative estimate of drug-likeness (QED) is 0.730. The molecule has 3 aromatic rings. The third-order valence-corrected chi connectivity index (χ3v) is 3.94. The van der Waals surface area contributed by atoms with Crippen molar-refractivity contribution in [2.75, 3.05) is 0 Å². The molecule has 0 aliphatic heterocycles. The minimum Gasteiger partial charge on any atom is -0.341 e. The van der Waals surface area contributed by atoms with Gasteiger partial charge < -0.3 is 4.57 Å². The van der Waals surface area contributed by atoms with Crippen LogP contribution in [0.3, 0.4) is 0 Å². The van der Waals surface area contributed by atoms with Gasteiger partial charge in [0.25, 0.3) is 0 Å². The molecule has 0 aliphatic carbocycles. The summed E-state index contributed by atoms with van der Waals surface area (Å²) in [6, 6.07) is 12.5. The summed E-state index contributed by atoms with van der Waals surface area (Å²) in [5.74, 6) is 0. The van der Waals surface area contributed by atoms with Crippen molar-refractivity contribution >= 4 is 10.9 Å². The molecular formula is C17H18N4. The topological polar surface area (TPSA) is 46.5 Å². The Hall–Kier alpha value is -2.54. The van der Waals surface area contributed by atoms with Crippen LogP contribution in [0.25, 0.3) is 10.9 Å². The lowest BCUT2D eigenvalue weighted by atomic mass is 10.2. The summed E-state index contributed by atoms with van der Waals surface area (Å²) in [6.45, 7) is 5.09. The van der Waals surface area contributed by atoms with Gasteiger partial charge in [-0.25, -0.2) is 0 Å². The first-order valence-corrected chi connectivity index (χ1v) is 7.24. The Morgan fingerprint density at radius 1 is 1.24 bits per heavy atom. The zero-order chi connectivity index (χ0) is 14.8. The predicted molar refractivity (Wildman–Crippen MR) is 83.0 cm³/mol. The maximum absolute atomic E-state index is 8.95. The molecule has 21 heavy (non-hydrogen) atoms. The molecule has 3 rings (SSSR count). The van der Waals surface area contributed by atoms with Crippen LogP contribution >= 0.6 is 0 Å². The maximum atomic E-state index is 8.95. The Kier molecular flexibility index (Phi) is 3.49. The second kappa shape index (κ2) is 5.45. The van der Waals surface area contributed by atoms with Crippen molar-refractivity contribution in [2.24, 2.45) is 0 Å². The summed E-state index contributed by atoms with van der Waals surface area (Å²) in [6.07, 6.45) is 5.17. The van der Waals surface area contributed by atoms with Crippen LogP contribution in [0.1, 0.15) is 37.6 Å². The van der Waals surface area contributed by atoms with E-state index in [0.29, 0.717) is 11.6 Å². The van der Waals surface area contributed by atoms with E-state index in [2.05, 4.69) is 35.6 Å². The van der Waals surface area contributed by atoms with Crippen LogP contribution in [0.2, 0.25) is 0 Å². The van der Waals surface area contributed by atoms with Crippen molar-refractivity contribution in [3.05, 3.63) is 54.0 Å². The first-order chi connectivity index (χ1) is 10.2. The molecule has 0 bridgehead atoms. The third-order valence-electron chi connectivity index (χ3n) is 3.94. The van der Waals surface area contributed by atoms with Crippen LogP contribution < -0.4 is 0 Å². The molecule has 0 N–H and O–H groups in total. The van der Waals surface area contributed by atoms with Gasteiger partial charge in [-0.3, -0.25) is 4.68 Å². The smallest absolute Gasteiger partial charge is 0.0991 e. The number of rotatable bonds is 4. The van der Waals surface area contributed by atoms with E-state index in [9.17, 15) is 0 Å². The first-order valence-electron chi connectivity index (χ1n) is 7.24. The van der Waals surface area contributed by atoms with Crippen LogP contribution in [0.4, 0.5) is 0 Å². The van der Waals surface area contributed by atoms with Crippen molar-refractivity contribution < 1.29 is 0 Å². The second-order valence-electron chi connectivity index (χ2n) is 5.37. The van der Waals surface area contributed by atoms with E-state index in [4.69, 9.17) is 5.26 Å². The molecular weight excluding hydrogens is 260 g/mol. The second-order valence-corrected chi connectivity index (χ2v) is 5.37. The molecule has 0 saturated carbocycles. The van der Waals surface area contributed by atoms with Crippen LogP contribution in [0.5, 0.6) is 0 Å². The monoisotopic (exact) mass is 278 g/mol. The van der Waals surface area contributed by atoms with E-state index in [0.717, 1.165) is 29.6 Å². The van der Waals surface area contributed by atoms with Crippen molar-refractivity contribution in [1.29, 1.82) is 5.26 Å². The molecule has 4 nitrogen and oxygen atoms in total. The van der Waals surface area contributed by atoms with Crippen molar-refractivity contribution in [1.82, 2.24) is 14.3 Å².